The third-order valence-corrected chi connectivity index (χ3v) is 2.51. The molecule has 1 aliphatic heterocycles. The van der Waals surface area contributed by atoms with Crippen molar-refractivity contribution >= 4 is 10.1 Å². The summed E-state index contributed by atoms with van der Waals surface area (Å²) in [5, 5.41) is 0. The zero-order valence-corrected chi connectivity index (χ0v) is 7.91. The Balaban J connectivity index is 2.85. The molecular weight excluding hydrogens is 225 g/mol. The van der Waals surface area contributed by atoms with Gasteiger partial charge in [0.15, 0.2) is 0 Å². The third kappa shape index (κ3) is 2.18. The molecular formula is C6H7F3O4S. The van der Waals surface area contributed by atoms with Crippen molar-refractivity contribution in [2.75, 3.05) is 13.2 Å². The maximum atomic E-state index is 11.8. The molecule has 82 valence electrons. The highest BCUT2D eigenvalue weighted by Crippen LogP contribution is 2.28. The van der Waals surface area contributed by atoms with Gasteiger partial charge in [-0.1, -0.05) is 0 Å². The second kappa shape index (κ2) is 3.43. The molecule has 0 N–H and O–H groups in total. The highest BCUT2D eigenvalue weighted by atomic mass is 32.2. The van der Waals surface area contributed by atoms with Crippen LogP contribution in [0.4, 0.5) is 13.2 Å². The lowest BCUT2D eigenvalue weighted by Crippen LogP contribution is -2.25. The number of hydrogen-bond donors (Lipinski definition) is 0. The minimum Gasteiger partial charge on any atom is -0.378 e. The van der Waals surface area contributed by atoms with Crippen molar-refractivity contribution < 1.29 is 30.5 Å². The Hall–Kier alpha value is -0.760. The predicted octanol–water partition coefficient (Wildman–Crippen LogP) is 1.16. The second-order valence-corrected chi connectivity index (χ2v) is 4.22. The van der Waals surface area contributed by atoms with Crippen LogP contribution in [0, 0.1) is 0 Å². The number of halogens is 3. The molecule has 0 amide bonds. The molecule has 0 spiro atoms. The summed E-state index contributed by atoms with van der Waals surface area (Å²) in [7, 11) is -5.55. The van der Waals surface area contributed by atoms with Gasteiger partial charge in [0.05, 0.1) is 6.61 Å². The number of alkyl halides is 3. The van der Waals surface area contributed by atoms with Crippen molar-refractivity contribution in [3.05, 3.63) is 11.3 Å². The van der Waals surface area contributed by atoms with E-state index in [0.717, 1.165) is 0 Å². The Labute approximate surface area is 78.4 Å². The van der Waals surface area contributed by atoms with Gasteiger partial charge in [0.25, 0.3) is 0 Å². The highest BCUT2D eigenvalue weighted by Gasteiger charge is 2.49. The van der Waals surface area contributed by atoms with Gasteiger partial charge in [-0.15, -0.1) is 0 Å². The largest absolute Gasteiger partial charge is 0.534 e. The van der Waals surface area contributed by atoms with Crippen LogP contribution >= 0.6 is 0 Å². The molecule has 1 rings (SSSR count). The molecule has 0 radical (unpaired) electrons. The maximum Gasteiger partial charge on any atom is 0.534 e. The van der Waals surface area contributed by atoms with Crippen LogP contribution in [0.25, 0.3) is 0 Å². The summed E-state index contributed by atoms with van der Waals surface area (Å²) in [6.45, 7) is 1.28. The van der Waals surface area contributed by atoms with Gasteiger partial charge < -0.3 is 8.92 Å². The van der Waals surface area contributed by atoms with E-state index in [9.17, 15) is 21.6 Å². The Morgan fingerprint density at radius 2 is 1.93 bits per heavy atom. The Morgan fingerprint density at radius 1 is 1.36 bits per heavy atom. The molecule has 0 aromatic carbocycles. The summed E-state index contributed by atoms with van der Waals surface area (Å²) >= 11 is 0. The van der Waals surface area contributed by atoms with E-state index in [1.165, 1.54) is 6.92 Å². The van der Waals surface area contributed by atoms with Crippen LogP contribution in [0.5, 0.6) is 0 Å². The predicted molar refractivity (Wildman–Crippen MR) is 39.6 cm³/mol. The van der Waals surface area contributed by atoms with Crippen molar-refractivity contribution in [1.29, 1.82) is 0 Å². The van der Waals surface area contributed by atoms with Gasteiger partial charge in [-0.3, -0.25) is 0 Å². The topological polar surface area (TPSA) is 52.6 Å². The third-order valence-electron chi connectivity index (χ3n) is 1.52. The van der Waals surface area contributed by atoms with E-state index < -0.39 is 15.6 Å². The first kappa shape index (κ1) is 11.3. The number of hydrogen-bond acceptors (Lipinski definition) is 4. The van der Waals surface area contributed by atoms with Gasteiger partial charge in [0.2, 0.25) is 0 Å². The molecule has 0 bridgehead atoms. The van der Waals surface area contributed by atoms with Gasteiger partial charge >= 0.3 is 15.6 Å². The van der Waals surface area contributed by atoms with E-state index in [1.54, 1.807) is 0 Å². The average molecular weight is 232 g/mol. The van der Waals surface area contributed by atoms with E-state index in [0.29, 0.717) is 5.57 Å². The molecule has 14 heavy (non-hydrogen) atoms. The quantitative estimate of drug-likeness (QED) is 0.529. The van der Waals surface area contributed by atoms with Crippen LogP contribution < -0.4 is 0 Å². The molecule has 0 aliphatic carbocycles. The molecule has 0 saturated carbocycles. The minimum atomic E-state index is -5.55. The number of ether oxygens (including phenoxy) is 1. The lowest BCUT2D eigenvalue weighted by molar-refractivity contribution is -0.0525. The van der Waals surface area contributed by atoms with Gasteiger partial charge in [0.1, 0.15) is 12.4 Å². The first-order valence-electron chi connectivity index (χ1n) is 3.51. The fourth-order valence-electron chi connectivity index (χ4n) is 0.775. The Bertz CT molecular complexity index is 354. The van der Waals surface area contributed by atoms with Crippen LogP contribution in [-0.4, -0.2) is 27.1 Å². The molecule has 1 heterocycles. The molecule has 0 aromatic heterocycles. The second-order valence-electron chi connectivity index (χ2n) is 2.68. The van der Waals surface area contributed by atoms with E-state index in [4.69, 9.17) is 4.74 Å². The van der Waals surface area contributed by atoms with E-state index in [-0.39, 0.29) is 19.0 Å². The van der Waals surface area contributed by atoms with E-state index in [2.05, 4.69) is 4.18 Å². The lowest BCUT2D eigenvalue weighted by atomic mass is 10.3. The van der Waals surface area contributed by atoms with Crippen molar-refractivity contribution in [3.63, 3.8) is 0 Å². The van der Waals surface area contributed by atoms with Crippen molar-refractivity contribution in [2.45, 2.75) is 12.4 Å². The summed E-state index contributed by atoms with van der Waals surface area (Å²) in [6.07, 6.45) is 0. The lowest BCUT2D eigenvalue weighted by Gasteiger charge is -2.09. The standard InChI is InChI=1S/C6H7F3O4S/c1-4-2-12-3-5(4)13-14(10,11)6(7,8)9/h2-3H2,1H3. The molecule has 0 atom stereocenters. The van der Waals surface area contributed by atoms with Gasteiger partial charge in [-0.25, -0.2) is 0 Å². The summed E-state index contributed by atoms with van der Waals surface area (Å²) in [6, 6.07) is 0. The zero-order valence-electron chi connectivity index (χ0n) is 7.09. The smallest absolute Gasteiger partial charge is 0.378 e. The minimum absolute atomic E-state index is 0.0860. The summed E-state index contributed by atoms with van der Waals surface area (Å²) in [4.78, 5) is 0. The maximum absolute atomic E-state index is 11.8. The van der Waals surface area contributed by atoms with E-state index >= 15 is 0 Å². The van der Waals surface area contributed by atoms with Crippen molar-refractivity contribution in [3.8, 4) is 0 Å². The van der Waals surface area contributed by atoms with Crippen molar-refractivity contribution in [2.24, 2.45) is 0 Å². The molecule has 4 nitrogen and oxygen atoms in total. The monoisotopic (exact) mass is 232 g/mol. The van der Waals surface area contributed by atoms with Crippen molar-refractivity contribution in [1.82, 2.24) is 0 Å². The number of rotatable bonds is 2. The first-order valence-corrected chi connectivity index (χ1v) is 4.92. The summed E-state index contributed by atoms with van der Waals surface area (Å²) in [5.41, 5.74) is -5.05. The normalized spacial score (nSPS) is 18.9. The van der Waals surface area contributed by atoms with Crippen LogP contribution in [0.3, 0.4) is 0 Å². The molecule has 0 aromatic rings. The summed E-state index contributed by atoms with van der Waals surface area (Å²) in [5.74, 6) is -0.290. The Morgan fingerprint density at radius 3 is 2.29 bits per heavy atom. The van der Waals surface area contributed by atoms with Crippen LogP contribution in [0.1, 0.15) is 6.92 Å². The van der Waals surface area contributed by atoms with E-state index in [1.807, 2.05) is 0 Å². The van der Waals surface area contributed by atoms with Crippen LogP contribution in [0.2, 0.25) is 0 Å². The van der Waals surface area contributed by atoms with Crippen LogP contribution in [-0.2, 0) is 19.0 Å². The Kier molecular flexibility index (Phi) is 2.77. The van der Waals surface area contributed by atoms with Crippen LogP contribution in [0.15, 0.2) is 11.3 Å². The molecule has 0 fully saturated rings. The van der Waals surface area contributed by atoms with Gasteiger partial charge in [-0.2, -0.15) is 21.6 Å². The molecule has 1 aliphatic rings. The SMILES string of the molecule is CC1=C(OS(=O)(=O)C(F)(F)F)COC1. The van der Waals surface area contributed by atoms with Gasteiger partial charge in [-0.05, 0) is 12.5 Å². The molecule has 8 heteroatoms. The first-order chi connectivity index (χ1) is 6.24. The highest BCUT2D eigenvalue weighted by molar-refractivity contribution is 7.87. The van der Waals surface area contributed by atoms with Gasteiger partial charge in [0, 0.05) is 0 Å². The molecule has 0 saturated heterocycles. The average Bonchev–Trinajstić information content (AvgIpc) is 2.33. The summed E-state index contributed by atoms with van der Waals surface area (Å²) < 4.78 is 65.1. The zero-order chi connectivity index (χ0) is 11.0. The fourth-order valence-corrected chi connectivity index (χ4v) is 1.33. The molecule has 0 unspecified atom stereocenters. The fraction of sp³-hybridized carbons (Fsp3) is 0.667.